The van der Waals surface area contributed by atoms with E-state index in [1.807, 2.05) is 91.9 Å². The van der Waals surface area contributed by atoms with Crippen LogP contribution in [0.4, 0.5) is 5.69 Å². The average molecular weight is 381 g/mol. The number of carbonyl (C=O) groups is 1. The van der Waals surface area contributed by atoms with E-state index in [2.05, 4.69) is 11.4 Å². The van der Waals surface area contributed by atoms with E-state index >= 15 is 0 Å². The number of nitrogens with one attached hydrogen (secondary N) is 1. The quantitative estimate of drug-likeness (QED) is 0.443. The Morgan fingerprint density at radius 2 is 1.52 bits per heavy atom. The van der Waals surface area contributed by atoms with E-state index in [1.165, 1.54) is 0 Å². The summed E-state index contributed by atoms with van der Waals surface area (Å²) in [5.74, 6) is 0.528. The molecule has 0 aromatic heterocycles. The Morgan fingerprint density at radius 3 is 2.31 bits per heavy atom. The Balaban J connectivity index is 1.59. The minimum absolute atomic E-state index is 0.0266. The third kappa shape index (κ3) is 3.99. The van der Waals surface area contributed by atoms with Crippen LogP contribution in [0.5, 0.6) is 5.75 Å². The zero-order chi connectivity index (χ0) is 20.2. The van der Waals surface area contributed by atoms with Crippen molar-refractivity contribution in [3.8, 4) is 16.9 Å². The molecule has 144 valence electrons. The van der Waals surface area contributed by atoms with E-state index in [-0.39, 0.29) is 11.8 Å². The van der Waals surface area contributed by atoms with Crippen molar-refractivity contribution in [3.63, 3.8) is 0 Å². The number of rotatable bonds is 5. The van der Waals surface area contributed by atoms with Gasteiger partial charge < -0.3 is 10.1 Å². The number of fused-ring (bicyclic) bond motifs is 1. The first-order chi connectivity index (χ1) is 14.2. The minimum atomic E-state index is -0.273. The summed E-state index contributed by atoms with van der Waals surface area (Å²) < 4.78 is 5.29. The smallest absolute Gasteiger partial charge is 0.231 e. The topological polar surface area (TPSA) is 38.3 Å². The number of carbonyl (C=O) groups excluding carboxylic acids is 1. The van der Waals surface area contributed by atoms with Gasteiger partial charge in [0, 0.05) is 11.3 Å². The second-order valence-electron chi connectivity index (χ2n) is 7.10. The number of amides is 1. The molecular weight excluding hydrogens is 358 g/mol. The first-order valence-corrected chi connectivity index (χ1v) is 9.69. The molecule has 4 aromatic rings. The number of hydrogen-bond acceptors (Lipinski definition) is 2. The van der Waals surface area contributed by atoms with Crippen molar-refractivity contribution in [1.82, 2.24) is 0 Å². The van der Waals surface area contributed by atoms with Crippen LogP contribution in [0.1, 0.15) is 18.4 Å². The predicted octanol–water partition coefficient (Wildman–Crippen LogP) is 6.26. The van der Waals surface area contributed by atoms with Crippen LogP contribution in [0, 0.1) is 0 Å². The fourth-order valence-corrected chi connectivity index (χ4v) is 3.49. The van der Waals surface area contributed by atoms with Gasteiger partial charge in [0.05, 0.1) is 13.0 Å². The van der Waals surface area contributed by atoms with Gasteiger partial charge in [-0.2, -0.15) is 0 Å². The van der Waals surface area contributed by atoms with Crippen molar-refractivity contribution in [1.29, 1.82) is 0 Å². The number of anilines is 1. The highest BCUT2D eigenvalue weighted by Crippen LogP contribution is 2.30. The Hall–Kier alpha value is -3.59. The molecule has 4 rings (SSSR count). The van der Waals surface area contributed by atoms with Crippen molar-refractivity contribution in [2.24, 2.45) is 0 Å². The summed E-state index contributed by atoms with van der Waals surface area (Å²) in [5, 5.41) is 5.30. The van der Waals surface area contributed by atoms with Crippen LogP contribution in [0.3, 0.4) is 0 Å². The van der Waals surface area contributed by atoms with Gasteiger partial charge in [-0.05, 0) is 47.0 Å². The average Bonchev–Trinajstić information content (AvgIpc) is 2.78. The number of ether oxygens (including phenoxy) is 1. The SMILES string of the molecule is COc1ccc2cc([C@H](C)C(=O)Nc3ccccc3-c3ccccc3)ccc2c1. The first kappa shape index (κ1) is 18.8. The van der Waals surface area contributed by atoms with Crippen LogP contribution in [0.15, 0.2) is 91.0 Å². The Morgan fingerprint density at radius 1 is 0.828 bits per heavy atom. The summed E-state index contributed by atoms with van der Waals surface area (Å²) in [4.78, 5) is 13.0. The Kier molecular flexibility index (Phi) is 5.30. The standard InChI is InChI=1S/C26H23NO2/c1-18(20-12-13-22-17-23(29-2)15-14-21(22)16-20)26(28)27-25-11-7-6-10-24(25)19-8-4-3-5-9-19/h3-18H,1-2H3,(H,27,28)/t18-/m0/s1. The lowest BCUT2D eigenvalue weighted by Gasteiger charge is -2.16. The third-order valence-electron chi connectivity index (χ3n) is 5.23. The lowest BCUT2D eigenvalue weighted by Crippen LogP contribution is -2.19. The predicted molar refractivity (Wildman–Crippen MR) is 119 cm³/mol. The number of benzene rings is 4. The fourth-order valence-electron chi connectivity index (χ4n) is 3.49. The number of para-hydroxylation sites is 1. The van der Waals surface area contributed by atoms with E-state index in [0.29, 0.717) is 0 Å². The molecule has 3 heteroatoms. The zero-order valence-electron chi connectivity index (χ0n) is 16.6. The molecule has 0 bridgehead atoms. The molecule has 1 amide bonds. The summed E-state index contributed by atoms with van der Waals surface area (Å²) in [6, 6.07) is 30.1. The molecule has 0 aliphatic rings. The molecule has 0 unspecified atom stereocenters. The molecule has 0 aliphatic heterocycles. The minimum Gasteiger partial charge on any atom is -0.497 e. The molecule has 4 aromatic carbocycles. The lowest BCUT2D eigenvalue weighted by atomic mass is 9.96. The molecular formula is C26H23NO2. The molecule has 29 heavy (non-hydrogen) atoms. The molecule has 0 fully saturated rings. The summed E-state index contributed by atoms with van der Waals surface area (Å²) in [7, 11) is 1.66. The zero-order valence-corrected chi connectivity index (χ0v) is 16.6. The Labute approximate surface area is 171 Å². The summed E-state index contributed by atoms with van der Waals surface area (Å²) >= 11 is 0. The highest BCUT2D eigenvalue weighted by Gasteiger charge is 2.17. The molecule has 0 heterocycles. The summed E-state index contributed by atoms with van der Waals surface area (Å²) in [6.45, 7) is 1.94. The van der Waals surface area contributed by atoms with Gasteiger partial charge in [0.25, 0.3) is 0 Å². The van der Waals surface area contributed by atoms with Crippen LogP contribution < -0.4 is 10.1 Å². The van der Waals surface area contributed by atoms with E-state index in [9.17, 15) is 4.79 Å². The van der Waals surface area contributed by atoms with E-state index in [4.69, 9.17) is 4.74 Å². The maximum atomic E-state index is 13.0. The van der Waals surface area contributed by atoms with Crippen LogP contribution in [-0.4, -0.2) is 13.0 Å². The highest BCUT2D eigenvalue weighted by molar-refractivity contribution is 5.99. The molecule has 0 saturated heterocycles. The van der Waals surface area contributed by atoms with Gasteiger partial charge in [0.15, 0.2) is 0 Å². The van der Waals surface area contributed by atoms with Crippen molar-refractivity contribution >= 4 is 22.4 Å². The van der Waals surface area contributed by atoms with Crippen LogP contribution in [0.2, 0.25) is 0 Å². The van der Waals surface area contributed by atoms with Crippen molar-refractivity contribution < 1.29 is 9.53 Å². The highest BCUT2D eigenvalue weighted by atomic mass is 16.5. The van der Waals surface area contributed by atoms with Crippen LogP contribution in [-0.2, 0) is 4.79 Å². The van der Waals surface area contributed by atoms with Crippen molar-refractivity contribution in [2.75, 3.05) is 12.4 Å². The van der Waals surface area contributed by atoms with Crippen LogP contribution >= 0.6 is 0 Å². The largest absolute Gasteiger partial charge is 0.497 e. The summed E-state index contributed by atoms with van der Waals surface area (Å²) in [6.07, 6.45) is 0. The van der Waals surface area contributed by atoms with Crippen LogP contribution in [0.25, 0.3) is 21.9 Å². The van der Waals surface area contributed by atoms with E-state index < -0.39 is 0 Å². The molecule has 3 nitrogen and oxygen atoms in total. The fraction of sp³-hybridized carbons (Fsp3) is 0.115. The first-order valence-electron chi connectivity index (χ1n) is 9.69. The second-order valence-corrected chi connectivity index (χ2v) is 7.10. The number of hydrogen-bond donors (Lipinski definition) is 1. The van der Waals surface area contributed by atoms with Crippen molar-refractivity contribution in [3.05, 3.63) is 96.6 Å². The van der Waals surface area contributed by atoms with Gasteiger partial charge >= 0.3 is 0 Å². The third-order valence-corrected chi connectivity index (χ3v) is 5.23. The maximum Gasteiger partial charge on any atom is 0.231 e. The second kappa shape index (κ2) is 8.19. The van der Waals surface area contributed by atoms with E-state index in [0.717, 1.165) is 38.9 Å². The van der Waals surface area contributed by atoms with Crippen molar-refractivity contribution in [2.45, 2.75) is 12.8 Å². The Bertz CT molecular complexity index is 1150. The molecule has 1 N–H and O–H groups in total. The normalized spacial score (nSPS) is 11.8. The summed E-state index contributed by atoms with van der Waals surface area (Å²) in [5.41, 5.74) is 3.90. The van der Waals surface area contributed by atoms with Gasteiger partial charge in [-0.15, -0.1) is 0 Å². The monoisotopic (exact) mass is 381 g/mol. The van der Waals surface area contributed by atoms with Gasteiger partial charge in [-0.25, -0.2) is 0 Å². The van der Waals surface area contributed by atoms with Gasteiger partial charge in [0.2, 0.25) is 5.91 Å². The van der Waals surface area contributed by atoms with Gasteiger partial charge in [-0.1, -0.05) is 72.8 Å². The molecule has 0 aliphatic carbocycles. The molecule has 0 radical (unpaired) electrons. The van der Waals surface area contributed by atoms with Gasteiger partial charge in [0.1, 0.15) is 5.75 Å². The lowest BCUT2D eigenvalue weighted by molar-refractivity contribution is -0.117. The maximum absolute atomic E-state index is 13.0. The van der Waals surface area contributed by atoms with Gasteiger partial charge in [-0.3, -0.25) is 4.79 Å². The van der Waals surface area contributed by atoms with E-state index in [1.54, 1.807) is 7.11 Å². The molecule has 0 saturated carbocycles. The molecule has 1 atom stereocenters. The number of methoxy groups -OCH3 is 1. The molecule has 0 spiro atoms.